The Morgan fingerprint density at radius 1 is 1.00 bits per heavy atom. The molecule has 0 saturated carbocycles. The Kier molecular flexibility index (Phi) is 5.14. The summed E-state index contributed by atoms with van der Waals surface area (Å²) in [6.45, 7) is 7.31. The number of ether oxygens (including phenoxy) is 1. The van der Waals surface area contributed by atoms with Crippen molar-refractivity contribution in [3.05, 3.63) is 74.7 Å². The van der Waals surface area contributed by atoms with Gasteiger partial charge < -0.3 is 4.74 Å². The molecule has 1 atom stereocenters. The van der Waals surface area contributed by atoms with Gasteiger partial charge in [0.15, 0.2) is 11.8 Å². The molecule has 0 aliphatic rings. The van der Waals surface area contributed by atoms with Crippen molar-refractivity contribution in [2.75, 3.05) is 0 Å². The Labute approximate surface area is 162 Å². The van der Waals surface area contributed by atoms with E-state index in [2.05, 4.69) is 5.10 Å². The molecule has 0 spiro atoms. The highest BCUT2D eigenvalue weighted by Crippen LogP contribution is 2.19. The van der Waals surface area contributed by atoms with Gasteiger partial charge >= 0.3 is 5.97 Å². The van der Waals surface area contributed by atoms with E-state index < -0.39 is 12.1 Å². The first-order valence-electron chi connectivity index (χ1n) is 8.99. The first-order valence-corrected chi connectivity index (χ1v) is 8.99. The van der Waals surface area contributed by atoms with Crippen LogP contribution in [-0.2, 0) is 11.8 Å². The van der Waals surface area contributed by atoms with Crippen LogP contribution in [0.3, 0.4) is 0 Å². The second kappa shape index (κ2) is 7.38. The number of rotatable bonds is 4. The number of benzene rings is 2. The van der Waals surface area contributed by atoms with Crippen LogP contribution in [0.1, 0.15) is 44.5 Å². The molecule has 0 aliphatic carbocycles. The van der Waals surface area contributed by atoms with Crippen molar-refractivity contribution in [2.24, 2.45) is 7.05 Å². The van der Waals surface area contributed by atoms with Gasteiger partial charge in [0.1, 0.15) is 0 Å². The maximum atomic E-state index is 12.8. The summed E-state index contributed by atoms with van der Waals surface area (Å²) >= 11 is 0. The number of aryl methyl sites for hydroxylation is 4. The van der Waals surface area contributed by atoms with Gasteiger partial charge in [0.25, 0.3) is 5.56 Å². The summed E-state index contributed by atoms with van der Waals surface area (Å²) in [5.74, 6) is -1.02. The minimum atomic E-state index is -0.980. The van der Waals surface area contributed by atoms with Gasteiger partial charge in [-0.1, -0.05) is 24.3 Å². The van der Waals surface area contributed by atoms with Crippen LogP contribution in [0.25, 0.3) is 10.8 Å². The lowest BCUT2D eigenvalue weighted by Crippen LogP contribution is -2.28. The zero-order valence-corrected chi connectivity index (χ0v) is 16.6. The molecule has 0 saturated heterocycles. The lowest BCUT2D eigenvalue weighted by Gasteiger charge is -2.15. The van der Waals surface area contributed by atoms with Gasteiger partial charge in [-0.05, 0) is 56.5 Å². The Morgan fingerprint density at radius 3 is 2.29 bits per heavy atom. The molecule has 6 heteroatoms. The first-order chi connectivity index (χ1) is 13.2. The normalized spacial score (nSPS) is 12.0. The van der Waals surface area contributed by atoms with Gasteiger partial charge in [-0.15, -0.1) is 0 Å². The van der Waals surface area contributed by atoms with Crippen LogP contribution in [0.2, 0.25) is 0 Å². The molecular weight excluding hydrogens is 356 g/mol. The molecule has 3 aromatic rings. The predicted molar refractivity (Wildman–Crippen MR) is 107 cm³/mol. The number of hydrogen-bond donors (Lipinski definition) is 0. The van der Waals surface area contributed by atoms with Crippen LogP contribution >= 0.6 is 0 Å². The highest BCUT2D eigenvalue weighted by molar-refractivity contribution is 6.05. The minimum absolute atomic E-state index is 0.00848. The number of carbonyl (C=O) groups excluding carboxylic acids is 2. The van der Waals surface area contributed by atoms with Crippen molar-refractivity contribution in [1.82, 2.24) is 9.78 Å². The zero-order chi connectivity index (χ0) is 20.6. The third-order valence-electron chi connectivity index (χ3n) is 4.91. The molecule has 1 aromatic heterocycles. The smallest absolute Gasteiger partial charge is 0.360 e. The number of fused-ring (bicyclic) bond motifs is 1. The monoisotopic (exact) mass is 378 g/mol. The molecule has 28 heavy (non-hydrogen) atoms. The third kappa shape index (κ3) is 3.45. The topological polar surface area (TPSA) is 78.3 Å². The van der Waals surface area contributed by atoms with Gasteiger partial charge in [0, 0.05) is 18.0 Å². The number of esters is 1. The number of Topliss-reactive ketones (excluding diaryl/α,β-unsaturated/α-hetero) is 1. The van der Waals surface area contributed by atoms with Crippen LogP contribution in [0.4, 0.5) is 0 Å². The second-order valence-corrected chi connectivity index (χ2v) is 6.99. The van der Waals surface area contributed by atoms with Gasteiger partial charge in [0.2, 0.25) is 5.78 Å². The van der Waals surface area contributed by atoms with Gasteiger partial charge in [0.05, 0.1) is 5.39 Å². The van der Waals surface area contributed by atoms with Crippen molar-refractivity contribution < 1.29 is 14.3 Å². The van der Waals surface area contributed by atoms with E-state index in [0.717, 1.165) is 21.4 Å². The van der Waals surface area contributed by atoms with Crippen molar-refractivity contribution in [2.45, 2.75) is 33.8 Å². The summed E-state index contributed by atoms with van der Waals surface area (Å²) in [5.41, 5.74) is 3.16. The van der Waals surface area contributed by atoms with Crippen molar-refractivity contribution in [3.63, 3.8) is 0 Å². The van der Waals surface area contributed by atoms with E-state index in [-0.39, 0.29) is 17.0 Å². The number of aromatic nitrogens is 2. The molecule has 144 valence electrons. The van der Waals surface area contributed by atoms with E-state index in [1.54, 1.807) is 31.2 Å². The number of carbonyl (C=O) groups is 2. The highest BCUT2D eigenvalue weighted by Gasteiger charge is 2.25. The Bertz CT molecular complexity index is 1160. The van der Waals surface area contributed by atoms with Crippen LogP contribution in [0, 0.1) is 20.8 Å². The first kappa shape index (κ1) is 19.5. The van der Waals surface area contributed by atoms with Crippen molar-refractivity contribution >= 4 is 22.5 Å². The van der Waals surface area contributed by atoms with Crippen LogP contribution in [0.15, 0.2) is 41.2 Å². The summed E-state index contributed by atoms with van der Waals surface area (Å²) < 4.78 is 6.51. The maximum absolute atomic E-state index is 12.8. The molecule has 0 amide bonds. The number of hydrogen-bond acceptors (Lipinski definition) is 5. The summed E-state index contributed by atoms with van der Waals surface area (Å²) in [5, 5.41) is 4.82. The van der Waals surface area contributed by atoms with E-state index >= 15 is 0 Å². The van der Waals surface area contributed by atoms with Gasteiger partial charge in [-0.25, -0.2) is 9.48 Å². The highest BCUT2D eigenvalue weighted by atomic mass is 16.5. The molecule has 1 heterocycles. The lowest BCUT2D eigenvalue weighted by molar-refractivity contribution is 0.0313. The molecule has 0 fully saturated rings. The van der Waals surface area contributed by atoms with Crippen molar-refractivity contribution in [1.29, 1.82) is 0 Å². The summed E-state index contributed by atoms with van der Waals surface area (Å²) in [4.78, 5) is 37.8. The number of ketones is 1. The fraction of sp³-hybridized carbons (Fsp3) is 0.273. The molecule has 0 unspecified atom stereocenters. The summed E-state index contributed by atoms with van der Waals surface area (Å²) in [6, 6.07) is 10.5. The molecular formula is C22H22N2O4. The average molecular weight is 378 g/mol. The largest absolute Gasteiger partial charge is 0.449 e. The third-order valence-corrected chi connectivity index (χ3v) is 4.91. The minimum Gasteiger partial charge on any atom is -0.449 e. The van der Waals surface area contributed by atoms with Crippen LogP contribution in [-0.4, -0.2) is 27.6 Å². The fourth-order valence-electron chi connectivity index (χ4n) is 3.17. The van der Waals surface area contributed by atoms with E-state index in [9.17, 15) is 14.4 Å². The van der Waals surface area contributed by atoms with Crippen LogP contribution < -0.4 is 5.56 Å². The summed E-state index contributed by atoms with van der Waals surface area (Å²) in [6.07, 6.45) is -0.980. The Morgan fingerprint density at radius 2 is 1.61 bits per heavy atom. The van der Waals surface area contributed by atoms with E-state index in [1.165, 1.54) is 7.05 Å². The molecule has 0 aliphatic heterocycles. The van der Waals surface area contributed by atoms with E-state index in [4.69, 9.17) is 4.74 Å². The zero-order valence-electron chi connectivity index (χ0n) is 16.6. The second-order valence-electron chi connectivity index (χ2n) is 6.99. The standard InChI is InChI=1S/C22H22N2O4/c1-12-10-14(3)18(11-13(12)2)20(25)15(4)28-22(27)19-16-8-6-7-9-17(16)21(26)24(5)23-19/h6-11,15H,1-5H3/t15-/m0/s1. The average Bonchev–Trinajstić information content (AvgIpc) is 2.66. The Hall–Kier alpha value is -3.28. The fourth-order valence-corrected chi connectivity index (χ4v) is 3.17. The molecule has 6 nitrogen and oxygen atoms in total. The predicted octanol–water partition coefficient (Wildman–Crippen LogP) is 3.29. The van der Waals surface area contributed by atoms with Crippen molar-refractivity contribution in [3.8, 4) is 0 Å². The molecule has 0 radical (unpaired) electrons. The molecule has 0 bridgehead atoms. The van der Waals surface area contributed by atoms with Crippen LogP contribution in [0.5, 0.6) is 0 Å². The Balaban J connectivity index is 1.93. The number of nitrogens with zero attached hydrogens (tertiary/aromatic N) is 2. The quantitative estimate of drug-likeness (QED) is 0.514. The SMILES string of the molecule is Cc1cc(C)c(C(=O)[C@H](C)OC(=O)c2nn(C)c(=O)c3ccccc23)cc1C. The van der Waals surface area contributed by atoms with Gasteiger partial charge in [-0.3, -0.25) is 9.59 Å². The summed E-state index contributed by atoms with van der Waals surface area (Å²) in [7, 11) is 1.47. The molecule has 3 rings (SSSR count). The van der Waals surface area contributed by atoms with Gasteiger partial charge in [-0.2, -0.15) is 5.10 Å². The van der Waals surface area contributed by atoms with E-state index in [1.807, 2.05) is 32.9 Å². The lowest BCUT2D eigenvalue weighted by atomic mass is 9.96. The molecule has 2 aromatic carbocycles. The maximum Gasteiger partial charge on any atom is 0.360 e. The molecule has 0 N–H and O–H groups in total. The van der Waals surface area contributed by atoms with E-state index in [0.29, 0.717) is 16.3 Å².